The predicted molar refractivity (Wildman–Crippen MR) is 81.3 cm³/mol. The van der Waals surface area contributed by atoms with E-state index in [1.807, 2.05) is 13.0 Å². The van der Waals surface area contributed by atoms with Crippen molar-refractivity contribution in [1.82, 2.24) is 0 Å². The summed E-state index contributed by atoms with van der Waals surface area (Å²) in [7, 11) is 1.32. The summed E-state index contributed by atoms with van der Waals surface area (Å²) in [6.45, 7) is 4.60. The Morgan fingerprint density at radius 3 is 2.67 bits per heavy atom. The topological polar surface area (TPSA) is 90.6 Å². The zero-order chi connectivity index (χ0) is 15.8. The van der Waals surface area contributed by atoms with Crippen LogP contribution in [0.3, 0.4) is 0 Å². The van der Waals surface area contributed by atoms with Crippen molar-refractivity contribution >= 4 is 23.3 Å². The van der Waals surface area contributed by atoms with Crippen LogP contribution in [0.1, 0.15) is 35.7 Å². The fraction of sp³-hybridized carbons (Fsp3) is 0.467. The van der Waals surface area contributed by atoms with E-state index in [0.717, 1.165) is 11.3 Å². The zero-order valence-corrected chi connectivity index (χ0v) is 12.7. The lowest BCUT2D eigenvalue weighted by atomic mass is 10.1. The van der Waals surface area contributed by atoms with Gasteiger partial charge in [0.25, 0.3) is 0 Å². The quantitative estimate of drug-likeness (QED) is 0.455. The van der Waals surface area contributed by atoms with Crippen LogP contribution >= 0.6 is 0 Å². The second-order valence-electron chi connectivity index (χ2n) is 4.58. The second-order valence-corrected chi connectivity index (χ2v) is 4.58. The maximum absolute atomic E-state index is 11.6. The highest BCUT2D eigenvalue weighted by Gasteiger charge is 2.13. The molecule has 0 fully saturated rings. The number of aryl methyl sites for hydroxylation is 1. The molecule has 1 aromatic carbocycles. The summed E-state index contributed by atoms with van der Waals surface area (Å²) in [6.07, 6.45) is 1.01. The molecule has 0 aliphatic carbocycles. The first-order valence-electron chi connectivity index (χ1n) is 6.87. The monoisotopic (exact) mass is 294 g/mol. The Morgan fingerprint density at radius 2 is 2.05 bits per heavy atom. The van der Waals surface area contributed by atoms with Crippen LogP contribution in [0.5, 0.6) is 0 Å². The average Bonchev–Trinajstić information content (AvgIpc) is 2.46. The Labute approximate surface area is 124 Å². The van der Waals surface area contributed by atoms with E-state index >= 15 is 0 Å². The van der Waals surface area contributed by atoms with Gasteiger partial charge in [0.2, 0.25) is 0 Å². The molecule has 0 radical (unpaired) electrons. The van der Waals surface area contributed by atoms with Gasteiger partial charge in [0.1, 0.15) is 0 Å². The number of ether oxygens (including phenoxy) is 2. The van der Waals surface area contributed by atoms with E-state index in [1.165, 1.54) is 7.11 Å². The van der Waals surface area contributed by atoms with Crippen LogP contribution in [0.4, 0.5) is 11.4 Å². The number of esters is 2. The highest BCUT2D eigenvalue weighted by molar-refractivity contribution is 5.97. The van der Waals surface area contributed by atoms with Crippen LogP contribution < -0.4 is 11.1 Å². The molecule has 6 heteroatoms. The van der Waals surface area contributed by atoms with Crippen molar-refractivity contribution in [3.8, 4) is 0 Å². The lowest BCUT2D eigenvalue weighted by Gasteiger charge is -2.12. The van der Waals surface area contributed by atoms with Gasteiger partial charge in [-0.3, -0.25) is 4.79 Å². The Kier molecular flexibility index (Phi) is 6.52. The lowest BCUT2D eigenvalue weighted by Crippen LogP contribution is -2.11. The molecule has 0 heterocycles. The molecule has 6 nitrogen and oxygen atoms in total. The molecule has 116 valence electrons. The molecule has 1 aromatic rings. The molecule has 3 N–H and O–H groups in total. The second kappa shape index (κ2) is 8.14. The number of carbonyl (C=O) groups excluding carboxylic acids is 2. The molecule has 0 amide bonds. The highest BCUT2D eigenvalue weighted by atomic mass is 16.5. The van der Waals surface area contributed by atoms with Gasteiger partial charge in [-0.25, -0.2) is 4.79 Å². The van der Waals surface area contributed by atoms with Gasteiger partial charge in [0.05, 0.1) is 19.3 Å². The molecular weight excluding hydrogens is 272 g/mol. The molecule has 0 aromatic heterocycles. The van der Waals surface area contributed by atoms with Crippen molar-refractivity contribution in [1.29, 1.82) is 0 Å². The Morgan fingerprint density at radius 1 is 1.33 bits per heavy atom. The number of carbonyl (C=O) groups is 2. The summed E-state index contributed by atoms with van der Waals surface area (Å²) < 4.78 is 9.55. The van der Waals surface area contributed by atoms with E-state index in [9.17, 15) is 9.59 Å². The molecule has 0 aliphatic heterocycles. The van der Waals surface area contributed by atoms with Crippen molar-refractivity contribution in [2.45, 2.75) is 26.7 Å². The number of anilines is 2. The molecule has 21 heavy (non-hydrogen) atoms. The SMILES string of the molecule is CCOC(=O)CCCNc1cc(C)c(N)c(C(=O)OC)c1. The minimum atomic E-state index is -0.467. The minimum Gasteiger partial charge on any atom is -0.466 e. The first kappa shape index (κ1) is 16.8. The van der Waals surface area contributed by atoms with Crippen molar-refractivity contribution in [2.75, 3.05) is 31.3 Å². The summed E-state index contributed by atoms with van der Waals surface area (Å²) in [6, 6.07) is 3.50. The van der Waals surface area contributed by atoms with E-state index in [-0.39, 0.29) is 5.97 Å². The Hall–Kier alpha value is -2.24. The maximum atomic E-state index is 11.6. The molecule has 0 bridgehead atoms. The zero-order valence-electron chi connectivity index (χ0n) is 12.7. The number of nitrogen functional groups attached to an aromatic ring is 1. The molecule has 0 aliphatic rings. The summed E-state index contributed by atoms with van der Waals surface area (Å²) in [5.74, 6) is -0.672. The standard InChI is InChI=1S/C15H22N2O4/c1-4-21-13(18)6-5-7-17-11-8-10(2)14(16)12(9-11)15(19)20-3/h8-9,17H,4-7,16H2,1-3H3. The molecule has 0 saturated carbocycles. The maximum Gasteiger partial charge on any atom is 0.340 e. The van der Waals surface area contributed by atoms with Crippen LogP contribution in [0.25, 0.3) is 0 Å². The number of rotatable bonds is 7. The number of hydrogen-bond acceptors (Lipinski definition) is 6. The van der Waals surface area contributed by atoms with E-state index < -0.39 is 5.97 Å². The molecule has 0 unspecified atom stereocenters. The number of hydrogen-bond donors (Lipinski definition) is 2. The normalized spacial score (nSPS) is 10.0. The van der Waals surface area contributed by atoms with Crippen LogP contribution in [0.15, 0.2) is 12.1 Å². The van der Waals surface area contributed by atoms with Gasteiger partial charge in [0.15, 0.2) is 0 Å². The lowest BCUT2D eigenvalue weighted by molar-refractivity contribution is -0.143. The smallest absolute Gasteiger partial charge is 0.340 e. The third kappa shape index (κ3) is 4.98. The Balaban J connectivity index is 2.62. The third-order valence-corrected chi connectivity index (χ3v) is 2.98. The van der Waals surface area contributed by atoms with Gasteiger partial charge in [-0.15, -0.1) is 0 Å². The van der Waals surface area contributed by atoms with Crippen LogP contribution in [-0.4, -0.2) is 32.2 Å². The van der Waals surface area contributed by atoms with Crippen LogP contribution in [0.2, 0.25) is 0 Å². The summed E-state index contributed by atoms with van der Waals surface area (Å²) >= 11 is 0. The van der Waals surface area contributed by atoms with Crippen molar-refractivity contribution in [2.24, 2.45) is 0 Å². The molecule has 0 atom stereocenters. The van der Waals surface area contributed by atoms with Crippen LogP contribution in [0, 0.1) is 6.92 Å². The van der Waals surface area contributed by atoms with Gasteiger partial charge >= 0.3 is 11.9 Å². The van der Waals surface area contributed by atoms with Crippen molar-refractivity contribution in [3.05, 3.63) is 23.3 Å². The molecule has 1 rings (SSSR count). The number of nitrogens with one attached hydrogen (secondary N) is 1. The highest BCUT2D eigenvalue weighted by Crippen LogP contribution is 2.23. The fourth-order valence-electron chi connectivity index (χ4n) is 1.88. The predicted octanol–water partition coefficient (Wildman–Crippen LogP) is 2.12. The summed E-state index contributed by atoms with van der Waals surface area (Å²) in [5, 5.41) is 3.16. The van der Waals surface area contributed by atoms with E-state index in [0.29, 0.717) is 37.2 Å². The molecular formula is C15H22N2O4. The first-order chi connectivity index (χ1) is 9.99. The van der Waals surface area contributed by atoms with Crippen molar-refractivity contribution < 1.29 is 19.1 Å². The largest absolute Gasteiger partial charge is 0.466 e. The number of methoxy groups -OCH3 is 1. The van der Waals surface area contributed by atoms with Gasteiger partial charge in [0, 0.05) is 24.3 Å². The van der Waals surface area contributed by atoms with Gasteiger partial charge < -0.3 is 20.5 Å². The van der Waals surface area contributed by atoms with Gasteiger partial charge in [-0.1, -0.05) is 0 Å². The molecule has 0 spiro atoms. The van der Waals surface area contributed by atoms with E-state index in [4.69, 9.17) is 15.2 Å². The van der Waals surface area contributed by atoms with E-state index in [1.54, 1.807) is 13.0 Å². The minimum absolute atomic E-state index is 0.206. The number of benzene rings is 1. The van der Waals surface area contributed by atoms with E-state index in [2.05, 4.69) is 5.32 Å². The fourth-order valence-corrected chi connectivity index (χ4v) is 1.88. The number of nitrogens with two attached hydrogens (primary N) is 1. The van der Waals surface area contributed by atoms with Gasteiger partial charge in [-0.2, -0.15) is 0 Å². The Bertz CT molecular complexity index is 515. The third-order valence-electron chi connectivity index (χ3n) is 2.98. The average molecular weight is 294 g/mol. The van der Waals surface area contributed by atoms with Crippen LogP contribution in [-0.2, 0) is 14.3 Å². The van der Waals surface area contributed by atoms with Crippen molar-refractivity contribution in [3.63, 3.8) is 0 Å². The molecule has 0 saturated heterocycles. The van der Waals surface area contributed by atoms with Gasteiger partial charge in [-0.05, 0) is 38.0 Å². The summed E-state index contributed by atoms with van der Waals surface area (Å²) in [4.78, 5) is 22.8. The first-order valence-corrected chi connectivity index (χ1v) is 6.87. The summed E-state index contributed by atoms with van der Waals surface area (Å²) in [5.41, 5.74) is 8.19.